The van der Waals surface area contributed by atoms with Gasteiger partial charge >= 0.3 is 0 Å². The molecule has 0 atom stereocenters. The fourth-order valence-electron chi connectivity index (χ4n) is 0.866. The summed E-state index contributed by atoms with van der Waals surface area (Å²) < 4.78 is 0. The van der Waals surface area contributed by atoms with Crippen molar-refractivity contribution in [3.8, 4) is 6.07 Å². The maximum absolute atomic E-state index is 8.52. The van der Waals surface area contributed by atoms with Gasteiger partial charge in [-0.15, -0.1) is 0 Å². The molecule has 60 valence electrons. The van der Waals surface area contributed by atoms with Crippen molar-refractivity contribution >= 4 is 0 Å². The number of rotatable bonds is 2. The molecule has 11 heavy (non-hydrogen) atoms. The summed E-state index contributed by atoms with van der Waals surface area (Å²) in [6.07, 6.45) is 3.98. The highest BCUT2D eigenvalue weighted by Crippen LogP contribution is 2.12. The van der Waals surface area contributed by atoms with Crippen LogP contribution in [0.3, 0.4) is 0 Å². The predicted molar refractivity (Wildman–Crippen MR) is 48.0 cm³/mol. The standard InChI is InChI=1S/C10H15N/c1-5-10(8(2)3)6-9(4)7-11/h5-6,8H,1-4H3/b9-6+,10-5+. The van der Waals surface area contributed by atoms with Gasteiger partial charge in [-0.2, -0.15) is 5.26 Å². The molecule has 0 bridgehead atoms. The van der Waals surface area contributed by atoms with E-state index >= 15 is 0 Å². The van der Waals surface area contributed by atoms with Crippen LogP contribution >= 0.6 is 0 Å². The molecule has 0 aliphatic heterocycles. The van der Waals surface area contributed by atoms with Crippen molar-refractivity contribution < 1.29 is 0 Å². The Labute approximate surface area is 69.0 Å². The average Bonchev–Trinajstić information content (AvgIpc) is 1.99. The lowest BCUT2D eigenvalue weighted by atomic mass is 10.0. The first-order valence-electron chi connectivity index (χ1n) is 3.86. The first kappa shape index (κ1) is 9.97. The van der Waals surface area contributed by atoms with E-state index in [0.717, 1.165) is 5.57 Å². The van der Waals surface area contributed by atoms with Crippen LogP contribution in [-0.4, -0.2) is 0 Å². The Hall–Kier alpha value is -1.03. The minimum absolute atomic E-state index is 0.503. The summed E-state index contributed by atoms with van der Waals surface area (Å²) in [4.78, 5) is 0. The van der Waals surface area contributed by atoms with E-state index in [1.165, 1.54) is 5.57 Å². The molecular formula is C10H15N. The molecule has 0 rings (SSSR count). The van der Waals surface area contributed by atoms with Crippen LogP contribution in [0.25, 0.3) is 0 Å². The van der Waals surface area contributed by atoms with Gasteiger partial charge in [0.1, 0.15) is 0 Å². The van der Waals surface area contributed by atoms with Gasteiger partial charge in [-0.3, -0.25) is 0 Å². The summed E-state index contributed by atoms with van der Waals surface area (Å²) >= 11 is 0. The lowest BCUT2D eigenvalue weighted by Crippen LogP contribution is -1.90. The largest absolute Gasteiger partial charge is 0.193 e. The van der Waals surface area contributed by atoms with Gasteiger partial charge < -0.3 is 0 Å². The van der Waals surface area contributed by atoms with E-state index < -0.39 is 0 Å². The second-order valence-electron chi connectivity index (χ2n) is 2.88. The van der Waals surface area contributed by atoms with Crippen LogP contribution in [0.2, 0.25) is 0 Å². The van der Waals surface area contributed by atoms with Gasteiger partial charge in [0.2, 0.25) is 0 Å². The second-order valence-corrected chi connectivity index (χ2v) is 2.88. The van der Waals surface area contributed by atoms with Crippen LogP contribution in [0.15, 0.2) is 23.3 Å². The molecule has 0 unspecified atom stereocenters. The highest BCUT2D eigenvalue weighted by Gasteiger charge is 1.97. The molecule has 0 radical (unpaired) electrons. The number of allylic oxidation sites excluding steroid dienone is 4. The molecule has 0 aromatic carbocycles. The first-order valence-corrected chi connectivity index (χ1v) is 3.86. The number of hydrogen-bond donors (Lipinski definition) is 0. The van der Waals surface area contributed by atoms with Gasteiger partial charge in [-0.25, -0.2) is 0 Å². The smallest absolute Gasteiger partial charge is 0.0944 e. The SMILES string of the molecule is C/C=C(\C=C(/C)C#N)C(C)C. The van der Waals surface area contributed by atoms with E-state index in [1.807, 2.05) is 26.0 Å². The van der Waals surface area contributed by atoms with Crippen molar-refractivity contribution in [2.75, 3.05) is 0 Å². The Bertz CT molecular complexity index is 214. The molecule has 0 aromatic rings. The van der Waals surface area contributed by atoms with Gasteiger partial charge in [0.15, 0.2) is 0 Å². The Morgan fingerprint density at radius 1 is 1.45 bits per heavy atom. The van der Waals surface area contributed by atoms with Crippen molar-refractivity contribution in [1.82, 2.24) is 0 Å². The van der Waals surface area contributed by atoms with E-state index in [-0.39, 0.29) is 0 Å². The third kappa shape index (κ3) is 3.62. The maximum Gasteiger partial charge on any atom is 0.0944 e. The first-order chi connectivity index (χ1) is 5.11. The molecule has 0 heterocycles. The molecular weight excluding hydrogens is 134 g/mol. The number of nitriles is 1. The predicted octanol–water partition coefficient (Wildman–Crippen LogP) is 3.06. The molecule has 0 fully saturated rings. The van der Waals surface area contributed by atoms with E-state index in [9.17, 15) is 0 Å². The topological polar surface area (TPSA) is 23.8 Å². The van der Waals surface area contributed by atoms with Crippen molar-refractivity contribution in [2.45, 2.75) is 27.7 Å². The molecule has 0 aliphatic carbocycles. The van der Waals surface area contributed by atoms with Crippen molar-refractivity contribution in [3.63, 3.8) is 0 Å². The highest BCUT2D eigenvalue weighted by molar-refractivity contribution is 5.30. The van der Waals surface area contributed by atoms with Crippen LogP contribution < -0.4 is 0 Å². The molecule has 0 saturated heterocycles. The molecule has 1 nitrogen and oxygen atoms in total. The summed E-state index contributed by atoms with van der Waals surface area (Å²) in [5, 5.41) is 8.52. The summed E-state index contributed by atoms with van der Waals surface area (Å²) in [6, 6.07) is 2.10. The zero-order valence-corrected chi connectivity index (χ0v) is 7.68. The van der Waals surface area contributed by atoms with E-state index in [4.69, 9.17) is 5.26 Å². The quantitative estimate of drug-likeness (QED) is 0.437. The van der Waals surface area contributed by atoms with Gasteiger partial charge in [0.05, 0.1) is 6.07 Å². The zero-order valence-electron chi connectivity index (χ0n) is 7.68. The highest BCUT2D eigenvalue weighted by atomic mass is 14.2. The molecule has 0 aromatic heterocycles. The van der Waals surface area contributed by atoms with Gasteiger partial charge in [0, 0.05) is 5.57 Å². The lowest BCUT2D eigenvalue weighted by Gasteiger charge is -2.04. The molecule has 0 saturated carbocycles. The zero-order chi connectivity index (χ0) is 8.85. The maximum atomic E-state index is 8.52. The molecule has 1 heteroatoms. The van der Waals surface area contributed by atoms with Crippen molar-refractivity contribution in [2.24, 2.45) is 5.92 Å². The Kier molecular flexibility index (Phi) is 4.29. The van der Waals surface area contributed by atoms with Crippen LogP contribution in [0.4, 0.5) is 0 Å². The summed E-state index contributed by atoms with van der Waals surface area (Å²) in [7, 11) is 0. The summed E-state index contributed by atoms with van der Waals surface area (Å²) in [5.41, 5.74) is 2.00. The van der Waals surface area contributed by atoms with E-state index in [2.05, 4.69) is 19.9 Å². The molecule has 0 N–H and O–H groups in total. The van der Waals surface area contributed by atoms with Gasteiger partial charge in [-0.1, -0.05) is 19.9 Å². The third-order valence-corrected chi connectivity index (χ3v) is 1.56. The minimum atomic E-state index is 0.503. The van der Waals surface area contributed by atoms with E-state index in [0.29, 0.717) is 5.92 Å². The second kappa shape index (κ2) is 4.73. The molecule has 0 aliphatic rings. The van der Waals surface area contributed by atoms with Crippen molar-refractivity contribution in [1.29, 1.82) is 5.26 Å². The minimum Gasteiger partial charge on any atom is -0.193 e. The van der Waals surface area contributed by atoms with E-state index in [1.54, 1.807) is 0 Å². The Morgan fingerprint density at radius 3 is 2.27 bits per heavy atom. The monoisotopic (exact) mass is 149 g/mol. The van der Waals surface area contributed by atoms with Crippen LogP contribution in [0.1, 0.15) is 27.7 Å². The third-order valence-electron chi connectivity index (χ3n) is 1.56. The van der Waals surface area contributed by atoms with Crippen LogP contribution in [0, 0.1) is 17.2 Å². The Morgan fingerprint density at radius 2 is 2.00 bits per heavy atom. The lowest BCUT2D eigenvalue weighted by molar-refractivity contribution is 0.788. The Balaban J connectivity index is 4.48. The number of hydrogen-bond acceptors (Lipinski definition) is 1. The fraction of sp³-hybridized carbons (Fsp3) is 0.500. The van der Waals surface area contributed by atoms with Gasteiger partial charge in [-0.05, 0) is 31.4 Å². The number of nitrogens with zero attached hydrogens (tertiary/aromatic N) is 1. The summed E-state index contributed by atoms with van der Waals surface area (Å²) in [5.74, 6) is 0.503. The van der Waals surface area contributed by atoms with Crippen LogP contribution in [0.5, 0.6) is 0 Å². The summed E-state index contributed by atoms with van der Waals surface area (Å²) in [6.45, 7) is 8.06. The van der Waals surface area contributed by atoms with Crippen LogP contribution in [-0.2, 0) is 0 Å². The van der Waals surface area contributed by atoms with Crippen molar-refractivity contribution in [3.05, 3.63) is 23.3 Å². The molecule has 0 amide bonds. The molecule has 0 spiro atoms. The fourth-order valence-corrected chi connectivity index (χ4v) is 0.866. The van der Waals surface area contributed by atoms with Gasteiger partial charge in [0.25, 0.3) is 0 Å². The average molecular weight is 149 g/mol. The normalized spacial score (nSPS) is 13.5.